The second-order valence-corrected chi connectivity index (χ2v) is 6.27. The topological polar surface area (TPSA) is 55.1 Å². The van der Waals surface area contributed by atoms with Gasteiger partial charge < -0.3 is 11.1 Å². The molecule has 3 N–H and O–H groups in total. The number of hydrogen-bond acceptors (Lipinski definition) is 2. The molecule has 0 aliphatic carbocycles. The third-order valence-electron chi connectivity index (χ3n) is 3.66. The van der Waals surface area contributed by atoms with Gasteiger partial charge in [0.2, 0.25) is 5.91 Å². The van der Waals surface area contributed by atoms with Crippen LogP contribution in [-0.4, -0.2) is 5.91 Å². The number of amides is 1. The summed E-state index contributed by atoms with van der Waals surface area (Å²) in [5, 5.41) is 4.59. The average Bonchev–Trinajstić information content (AvgIpc) is 2.54. The summed E-state index contributed by atoms with van der Waals surface area (Å²) < 4.78 is 0. The van der Waals surface area contributed by atoms with E-state index in [2.05, 4.69) is 17.4 Å². The van der Waals surface area contributed by atoms with Crippen LogP contribution < -0.4 is 11.1 Å². The van der Waals surface area contributed by atoms with Gasteiger partial charge in [-0.05, 0) is 36.1 Å². The van der Waals surface area contributed by atoms with Crippen LogP contribution in [0.15, 0.2) is 48.5 Å². The Morgan fingerprint density at radius 2 is 1.83 bits per heavy atom. The fraction of sp³-hybridized carbons (Fsp3) is 0.278. The highest BCUT2D eigenvalue weighted by Crippen LogP contribution is 2.28. The van der Waals surface area contributed by atoms with Gasteiger partial charge in [0.15, 0.2) is 0 Å². The number of nitrogens with one attached hydrogen (secondary N) is 1. The molecule has 2 aromatic carbocycles. The Labute approximate surface area is 146 Å². The Bertz CT molecular complexity index is 647. The van der Waals surface area contributed by atoms with Crippen LogP contribution in [0.2, 0.25) is 10.0 Å². The summed E-state index contributed by atoms with van der Waals surface area (Å²) in [4.78, 5) is 11.0. The molecular formula is C18H20Cl2N2O. The summed E-state index contributed by atoms with van der Waals surface area (Å²) >= 11 is 12.1. The summed E-state index contributed by atoms with van der Waals surface area (Å²) in [5.41, 5.74) is 7.49. The van der Waals surface area contributed by atoms with Crippen molar-refractivity contribution >= 4 is 29.1 Å². The van der Waals surface area contributed by atoms with Gasteiger partial charge in [-0.15, -0.1) is 0 Å². The van der Waals surface area contributed by atoms with Crippen LogP contribution in [-0.2, 0) is 11.3 Å². The van der Waals surface area contributed by atoms with E-state index >= 15 is 0 Å². The maximum atomic E-state index is 11.0. The number of carbonyl (C=O) groups excluding carboxylic acids is 1. The lowest BCUT2D eigenvalue weighted by atomic mass is 10.0. The van der Waals surface area contributed by atoms with Crippen LogP contribution in [0, 0.1) is 0 Å². The van der Waals surface area contributed by atoms with Crippen molar-refractivity contribution in [3.63, 3.8) is 0 Å². The molecule has 0 radical (unpaired) electrons. The number of halogens is 2. The second kappa shape index (κ2) is 8.92. The molecule has 0 aromatic heterocycles. The highest BCUT2D eigenvalue weighted by Gasteiger charge is 2.13. The molecule has 122 valence electrons. The predicted octanol–water partition coefficient (Wildman–Crippen LogP) is 4.48. The minimum absolute atomic E-state index is 0.0873. The van der Waals surface area contributed by atoms with Gasteiger partial charge in [0.05, 0.1) is 10.0 Å². The van der Waals surface area contributed by atoms with Crippen LogP contribution in [0.1, 0.15) is 36.4 Å². The summed E-state index contributed by atoms with van der Waals surface area (Å²) in [6.45, 7) is 0.738. The van der Waals surface area contributed by atoms with E-state index in [1.165, 1.54) is 5.56 Å². The molecule has 2 rings (SSSR count). The first-order valence-electron chi connectivity index (χ1n) is 7.57. The van der Waals surface area contributed by atoms with Gasteiger partial charge in [0.1, 0.15) is 0 Å². The number of benzene rings is 2. The first-order chi connectivity index (χ1) is 11.1. The second-order valence-electron chi connectivity index (χ2n) is 5.45. The lowest BCUT2D eigenvalue weighted by molar-refractivity contribution is -0.118. The molecule has 3 nitrogen and oxygen atoms in total. The molecule has 2 aromatic rings. The number of primary amides is 1. The van der Waals surface area contributed by atoms with E-state index in [9.17, 15) is 4.79 Å². The van der Waals surface area contributed by atoms with E-state index in [4.69, 9.17) is 28.9 Å². The zero-order valence-electron chi connectivity index (χ0n) is 12.8. The smallest absolute Gasteiger partial charge is 0.217 e. The van der Waals surface area contributed by atoms with Crippen molar-refractivity contribution in [2.45, 2.75) is 31.8 Å². The largest absolute Gasteiger partial charge is 0.370 e. The van der Waals surface area contributed by atoms with Crippen LogP contribution >= 0.6 is 23.2 Å². The van der Waals surface area contributed by atoms with Crippen LogP contribution in [0.3, 0.4) is 0 Å². The summed E-state index contributed by atoms with van der Waals surface area (Å²) in [6.07, 6.45) is 1.90. The van der Waals surface area contributed by atoms with Crippen LogP contribution in [0.4, 0.5) is 0 Å². The SMILES string of the molecule is NC(=O)CCCC(NCc1ccccc1)c1ccc(Cl)c(Cl)c1. The van der Waals surface area contributed by atoms with Gasteiger partial charge >= 0.3 is 0 Å². The molecule has 0 aliphatic rings. The third-order valence-corrected chi connectivity index (χ3v) is 4.40. The van der Waals surface area contributed by atoms with Crippen molar-refractivity contribution in [1.82, 2.24) is 5.32 Å². The highest BCUT2D eigenvalue weighted by molar-refractivity contribution is 6.42. The fourth-order valence-corrected chi connectivity index (χ4v) is 2.74. The van der Waals surface area contributed by atoms with Crippen LogP contribution in [0.5, 0.6) is 0 Å². The van der Waals surface area contributed by atoms with Gasteiger partial charge in [-0.25, -0.2) is 0 Å². The van der Waals surface area contributed by atoms with E-state index < -0.39 is 0 Å². The Hall–Kier alpha value is -1.55. The Balaban J connectivity index is 2.07. The summed E-state index contributed by atoms with van der Waals surface area (Å²) in [7, 11) is 0. The van der Waals surface area contributed by atoms with Gasteiger partial charge in [-0.3, -0.25) is 4.79 Å². The van der Waals surface area contributed by atoms with Crippen molar-refractivity contribution in [1.29, 1.82) is 0 Å². The Kier molecular flexibility index (Phi) is 6.90. The molecule has 0 bridgehead atoms. The average molecular weight is 351 g/mol. The molecule has 0 saturated heterocycles. The molecule has 1 amide bonds. The van der Waals surface area contributed by atoms with Gasteiger partial charge in [0.25, 0.3) is 0 Å². The molecular weight excluding hydrogens is 331 g/mol. The maximum absolute atomic E-state index is 11.0. The third kappa shape index (κ3) is 5.87. The number of rotatable bonds is 8. The lowest BCUT2D eigenvalue weighted by Crippen LogP contribution is -2.21. The standard InChI is InChI=1S/C18H20Cl2N2O/c19-15-10-9-14(11-16(15)20)17(7-4-8-18(21)23)22-12-13-5-2-1-3-6-13/h1-3,5-6,9-11,17,22H,4,7-8,12H2,(H2,21,23). The first-order valence-corrected chi connectivity index (χ1v) is 8.32. The fourth-order valence-electron chi connectivity index (χ4n) is 2.43. The predicted molar refractivity (Wildman–Crippen MR) is 95.5 cm³/mol. The Morgan fingerprint density at radius 1 is 1.09 bits per heavy atom. The summed E-state index contributed by atoms with van der Waals surface area (Å²) in [5.74, 6) is -0.277. The minimum Gasteiger partial charge on any atom is -0.370 e. The van der Waals surface area contributed by atoms with Crippen molar-refractivity contribution in [3.05, 3.63) is 69.7 Å². The highest BCUT2D eigenvalue weighted by atomic mass is 35.5. The molecule has 0 heterocycles. The van der Waals surface area contributed by atoms with Crippen molar-refractivity contribution in [2.24, 2.45) is 5.73 Å². The monoisotopic (exact) mass is 350 g/mol. The number of carbonyl (C=O) groups is 1. The van der Waals surface area contributed by atoms with E-state index in [1.54, 1.807) is 6.07 Å². The van der Waals surface area contributed by atoms with Crippen molar-refractivity contribution in [3.8, 4) is 0 Å². The maximum Gasteiger partial charge on any atom is 0.217 e. The Morgan fingerprint density at radius 3 is 2.48 bits per heavy atom. The van der Waals surface area contributed by atoms with Gasteiger partial charge in [-0.2, -0.15) is 0 Å². The number of nitrogens with two attached hydrogens (primary N) is 1. The molecule has 1 atom stereocenters. The molecule has 0 aliphatic heterocycles. The summed E-state index contributed by atoms with van der Waals surface area (Å²) in [6, 6.07) is 15.9. The number of hydrogen-bond donors (Lipinski definition) is 2. The van der Waals surface area contributed by atoms with Gasteiger partial charge in [-0.1, -0.05) is 59.6 Å². The zero-order chi connectivity index (χ0) is 16.7. The molecule has 5 heteroatoms. The molecule has 0 spiro atoms. The molecule has 23 heavy (non-hydrogen) atoms. The van der Waals surface area contributed by atoms with Crippen LogP contribution in [0.25, 0.3) is 0 Å². The van der Waals surface area contributed by atoms with E-state index in [0.29, 0.717) is 16.5 Å². The molecule has 0 saturated carbocycles. The molecule has 1 unspecified atom stereocenters. The van der Waals surface area contributed by atoms with Crippen molar-refractivity contribution in [2.75, 3.05) is 0 Å². The minimum atomic E-state index is -0.277. The zero-order valence-corrected chi connectivity index (χ0v) is 14.3. The quantitative estimate of drug-likeness (QED) is 0.737. The first kappa shape index (κ1) is 17.8. The van der Waals surface area contributed by atoms with E-state index in [-0.39, 0.29) is 11.9 Å². The van der Waals surface area contributed by atoms with Gasteiger partial charge in [0, 0.05) is 19.0 Å². The van der Waals surface area contributed by atoms with E-state index in [0.717, 1.165) is 24.9 Å². The van der Waals surface area contributed by atoms with E-state index in [1.807, 2.05) is 30.3 Å². The normalized spacial score (nSPS) is 12.1. The lowest BCUT2D eigenvalue weighted by Gasteiger charge is -2.20. The molecule has 0 fully saturated rings. The van der Waals surface area contributed by atoms with Crippen molar-refractivity contribution < 1.29 is 4.79 Å².